The average molecular weight is 1580 g/mol. The molecule has 0 spiro atoms. The van der Waals surface area contributed by atoms with Gasteiger partial charge in [-0.15, -0.1) is 0 Å². The average Bonchev–Trinajstić information content (AvgIpc) is 1.60. The van der Waals surface area contributed by atoms with E-state index in [-0.39, 0.29) is 73.2 Å². The molecule has 6 N–H and O–H groups in total. The van der Waals surface area contributed by atoms with Crippen molar-refractivity contribution in [3.05, 3.63) is 256 Å². The predicted octanol–water partition coefficient (Wildman–Crippen LogP) is 11.5. The molecule has 12 rings (SSSR count). The first-order valence-corrected chi connectivity index (χ1v) is 34.1. The molecule has 6 heterocycles. The van der Waals surface area contributed by atoms with Gasteiger partial charge in [-0.1, -0.05) is 80.4 Å². The van der Waals surface area contributed by atoms with E-state index in [4.69, 9.17) is 14.6 Å². The lowest BCUT2D eigenvalue weighted by molar-refractivity contribution is -0.260. The van der Waals surface area contributed by atoms with Gasteiger partial charge in [0.05, 0.1) is 46.3 Å². The summed E-state index contributed by atoms with van der Waals surface area (Å²) < 4.78 is 96.2. The van der Waals surface area contributed by atoms with Crippen LogP contribution in [0.4, 0.5) is 26.3 Å². The summed E-state index contributed by atoms with van der Waals surface area (Å²) in [6.07, 6.45) is -6.65. The van der Waals surface area contributed by atoms with Crippen molar-refractivity contribution in [2.45, 2.75) is 116 Å². The molecule has 2 aliphatic heterocycles. The van der Waals surface area contributed by atoms with Gasteiger partial charge in [0, 0.05) is 82.8 Å². The SMILES string of the molecule is CC1Cn2c(c(C(=O)NCc3ccccc3-c3cccnn3)n(-c3ccc(OCC(C)(O)C(F)(F)F)cc3)c2=O)CN1.Cc1cc(C(=O)N2Cc3c(C(=O)NCc4ccccc4-c4cccnn4)n(-c4ccc(OCC(C)(O)C(F)(F)F)cc4)c(=O)n3CC2C)ccc1Br.Cc1cc(C(=O)O)ccc1Br. The van der Waals surface area contributed by atoms with Crippen LogP contribution in [0.25, 0.3) is 33.9 Å². The molecule has 3 amide bonds. The van der Waals surface area contributed by atoms with E-state index in [1.54, 1.807) is 76.5 Å². The largest absolute Gasteiger partial charge is 0.490 e. The van der Waals surface area contributed by atoms with Gasteiger partial charge in [-0.3, -0.25) is 32.7 Å². The maximum atomic E-state index is 14.2. The highest BCUT2D eigenvalue weighted by Crippen LogP contribution is 2.34. The number of hydrogen-bond acceptors (Lipinski definition) is 15. The number of nitrogens with zero attached hydrogens (tertiary/aromatic N) is 9. The fourth-order valence-corrected chi connectivity index (χ4v) is 11.9. The van der Waals surface area contributed by atoms with Gasteiger partial charge in [0.25, 0.3) is 17.7 Å². The lowest BCUT2D eigenvalue weighted by Gasteiger charge is -2.34. The van der Waals surface area contributed by atoms with Crippen molar-refractivity contribution in [3.63, 3.8) is 0 Å². The number of carboxylic acids is 1. The summed E-state index contributed by atoms with van der Waals surface area (Å²) in [6.45, 7) is 7.55. The molecule has 0 bridgehead atoms. The number of hydrogen-bond donors (Lipinski definition) is 6. The number of carbonyl (C=O) groups excluding carboxylic acids is 3. The molecular weight excluding hydrogens is 1510 g/mol. The molecule has 2 aliphatic rings. The van der Waals surface area contributed by atoms with Crippen LogP contribution in [0.2, 0.25) is 0 Å². The van der Waals surface area contributed by atoms with E-state index in [0.29, 0.717) is 60.0 Å². The van der Waals surface area contributed by atoms with Gasteiger partial charge in [-0.2, -0.15) is 46.7 Å². The second kappa shape index (κ2) is 32.2. The number of ether oxygens (including phenoxy) is 2. The lowest BCUT2D eigenvalue weighted by atomic mass is 10.0. The molecule has 23 nitrogen and oxygen atoms in total. The van der Waals surface area contributed by atoms with Crippen molar-refractivity contribution in [2.75, 3.05) is 13.2 Å². The number of carbonyl (C=O) groups is 4. The normalized spacial score (nSPS) is 15.2. The second-order valence-corrected chi connectivity index (χ2v) is 27.1. The van der Waals surface area contributed by atoms with E-state index in [1.165, 1.54) is 62.2 Å². The Bertz CT molecular complexity index is 4960. The number of halogens is 8. The molecule has 0 radical (unpaired) electrons. The number of nitrogens with one attached hydrogen (secondary N) is 3. The van der Waals surface area contributed by atoms with Crippen LogP contribution in [0, 0.1) is 13.8 Å². The molecule has 4 atom stereocenters. The molecule has 0 saturated carbocycles. The third-order valence-electron chi connectivity index (χ3n) is 17.4. The highest BCUT2D eigenvalue weighted by atomic mass is 79.9. The molecular formula is C74H70Br2F6N12O11. The summed E-state index contributed by atoms with van der Waals surface area (Å²) >= 11 is 6.75. The quantitative estimate of drug-likeness (QED) is 0.0435. The van der Waals surface area contributed by atoms with Crippen LogP contribution in [0.15, 0.2) is 189 Å². The Morgan fingerprint density at radius 2 is 1.01 bits per heavy atom. The number of fused-ring (bicyclic) bond motifs is 2. The highest BCUT2D eigenvalue weighted by molar-refractivity contribution is 9.10. The highest BCUT2D eigenvalue weighted by Gasteiger charge is 2.52. The zero-order chi connectivity index (χ0) is 75.9. The minimum atomic E-state index is -4.91. The number of aryl methyl sites for hydroxylation is 2. The Morgan fingerprint density at radius 3 is 1.44 bits per heavy atom. The van der Waals surface area contributed by atoms with Crippen molar-refractivity contribution in [2.24, 2.45) is 0 Å². The van der Waals surface area contributed by atoms with Gasteiger partial charge >= 0.3 is 29.7 Å². The van der Waals surface area contributed by atoms with Crippen LogP contribution in [0.5, 0.6) is 11.5 Å². The first-order chi connectivity index (χ1) is 49.7. The molecule has 548 valence electrons. The van der Waals surface area contributed by atoms with E-state index < -0.39 is 72.0 Å². The van der Waals surface area contributed by atoms with E-state index in [9.17, 15) is 65.3 Å². The molecule has 31 heteroatoms. The van der Waals surface area contributed by atoms with Crippen molar-refractivity contribution < 1.29 is 70.3 Å². The number of alkyl halides is 6. The number of benzene rings is 6. The summed E-state index contributed by atoms with van der Waals surface area (Å²) in [4.78, 5) is 81.5. The van der Waals surface area contributed by atoms with Crippen LogP contribution < -0.4 is 36.8 Å². The number of aromatic nitrogens is 8. The van der Waals surface area contributed by atoms with Gasteiger partial charge < -0.3 is 45.6 Å². The number of carboxylic acid groups (broad SMARTS) is 1. The fourth-order valence-electron chi connectivity index (χ4n) is 11.4. The van der Waals surface area contributed by atoms with E-state index >= 15 is 0 Å². The topological polar surface area (TPSA) is 292 Å². The molecule has 6 aromatic carbocycles. The standard InChI is InChI=1S/C37H34BrF3N6O5.C29H29F3N6O4.C8H7BrO2/c1-22-17-24(10-15-29(22)38)34(49)45-20-31-32(33(48)42-18-25-7-4-5-8-28(25)30-9-6-16-43-44-30)47(35(50)46(31)19-23(45)2)26-11-13-27(14-12-26)52-21-36(3,51)37(39,40)41;1-18-16-37-24(15-33-18)25(26(39)34-14-19-6-3-4-7-22(19)23-8-5-13-35-36-23)38(27(37)40)20-9-11-21(12-10-20)42-17-28(2,41)29(30,31)32;1-5-4-6(8(10)11)2-3-7(5)9/h4-17,23,51H,18-21H2,1-3H3,(H,42,48);3-13,18,33,41H,14-17H2,1-2H3,(H,34,39);2-4H,1H3,(H,10,11). The maximum Gasteiger partial charge on any atom is 0.420 e. The van der Waals surface area contributed by atoms with Crippen LogP contribution in [0.1, 0.15) is 103 Å². The number of aliphatic hydroxyl groups is 2. The zero-order valence-corrected chi connectivity index (χ0v) is 60.3. The Kier molecular flexibility index (Phi) is 23.6. The minimum absolute atomic E-state index is 0.00183. The number of aromatic carboxylic acids is 1. The summed E-state index contributed by atoms with van der Waals surface area (Å²) in [6, 6.07) is 43.0. The lowest BCUT2D eigenvalue weighted by Crippen LogP contribution is -2.47. The number of amides is 3. The van der Waals surface area contributed by atoms with Gasteiger partial charge in [-0.05, 0) is 173 Å². The second-order valence-electron chi connectivity index (χ2n) is 25.4. The van der Waals surface area contributed by atoms with Gasteiger partial charge in [0.2, 0.25) is 0 Å². The smallest absolute Gasteiger partial charge is 0.420 e. The Hall–Kier alpha value is -10.6. The molecule has 0 fully saturated rings. The van der Waals surface area contributed by atoms with Crippen LogP contribution in [-0.2, 0) is 39.3 Å². The van der Waals surface area contributed by atoms with Crippen molar-refractivity contribution >= 4 is 55.6 Å². The van der Waals surface area contributed by atoms with Gasteiger partial charge in [0.1, 0.15) is 36.1 Å². The third-order valence-corrected chi connectivity index (χ3v) is 19.2. The zero-order valence-electron chi connectivity index (χ0n) is 57.1. The Balaban J connectivity index is 0.000000199. The van der Waals surface area contributed by atoms with E-state index in [1.807, 2.05) is 82.3 Å². The van der Waals surface area contributed by atoms with Gasteiger partial charge in [-0.25, -0.2) is 14.4 Å². The molecule has 4 unspecified atom stereocenters. The fraction of sp³-hybridized carbons (Fsp3) is 0.270. The first-order valence-electron chi connectivity index (χ1n) is 32.5. The number of imidazole rings is 2. The Labute approximate surface area is 613 Å². The van der Waals surface area contributed by atoms with Crippen LogP contribution >= 0.6 is 31.9 Å². The van der Waals surface area contributed by atoms with Crippen molar-refractivity contribution in [3.8, 4) is 45.4 Å². The third kappa shape index (κ3) is 17.6. The summed E-state index contributed by atoms with van der Waals surface area (Å²) in [7, 11) is 0. The molecule has 4 aromatic heterocycles. The molecule has 10 aromatic rings. The van der Waals surface area contributed by atoms with Crippen molar-refractivity contribution in [1.29, 1.82) is 0 Å². The van der Waals surface area contributed by atoms with Crippen LogP contribution in [-0.4, -0.2) is 131 Å². The van der Waals surface area contributed by atoms with Crippen molar-refractivity contribution in [1.82, 2.24) is 59.5 Å². The van der Waals surface area contributed by atoms with Gasteiger partial charge in [0.15, 0.2) is 11.2 Å². The summed E-state index contributed by atoms with van der Waals surface area (Å²) in [5.74, 6) is -2.17. The summed E-state index contributed by atoms with van der Waals surface area (Å²) in [5, 5.41) is 53.4. The summed E-state index contributed by atoms with van der Waals surface area (Å²) in [5.41, 5.74) is 1.39. The first kappa shape index (κ1) is 77.0. The van der Waals surface area contributed by atoms with E-state index in [0.717, 1.165) is 42.3 Å². The predicted molar refractivity (Wildman–Crippen MR) is 382 cm³/mol. The Morgan fingerprint density at radius 1 is 0.581 bits per heavy atom. The van der Waals surface area contributed by atoms with Crippen LogP contribution in [0.3, 0.4) is 0 Å². The molecule has 105 heavy (non-hydrogen) atoms. The number of rotatable bonds is 18. The molecule has 0 aliphatic carbocycles. The minimum Gasteiger partial charge on any atom is -0.490 e. The van der Waals surface area contributed by atoms with E-state index in [2.05, 4.69) is 68.2 Å². The monoisotopic (exact) mass is 1570 g/mol. The maximum absolute atomic E-state index is 14.2. The molecule has 0 saturated heterocycles.